The fraction of sp³-hybridized carbons (Fsp3) is 0.455. The van der Waals surface area contributed by atoms with Crippen LogP contribution in [0.2, 0.25) is 0 Å². The van der Waals surface area contributed by atoms with E-state index >= 15 is 0 Å². The van der Waals surface area contributed by atoms with E-state index in [0.717, 1.165) is 25.6 Å². The van der Waals surface area contributed by atoms with Crippen molar-refractivity contribution in [3.05, 3.63) is 35.4 Å². The number of rotatable bonds is 4. The minimum atomic E-state index is -2.74. The van der Waals surface area contributed by atoms with Crippen molar-refractivity contribution in [2.75, 3.05) is 6.54 Å². The van der Waals surface area contributed by atoms with Crippen LogP contribution in [0, 0.1) is 0 Å². The summed E-state index contributed by atoms with van der Waals surface area (Å²) in [5.74, 6) is -2.74. The van der Waals surface area contributed by atoms with E-state index in [0.29, 0.717) is 0 Å². The van der Waals surface area contributed by atoms with Crippen molar-refractivity contribution in [2.45, 2.75) is 26.3 Å². The van der Waals surface area contributed by atoms with E-state index in [9.17, 15) is 8.78 Å². The zero-order chi connectivity index (χ0) is 10.6. The Morgan fingerprint density at radius 2 is 1.79 bits per heavy atom. The second-order valence-corrected chi connectivity index (χ2v) is 3.37. The first-order chi connectivity index (χ1) is 6.54. The van der Waals surface area contributed by atoms with Gasteiger partial charge in [0.15, 0.2) is 0 Å². The Hall–Kier alpha value is -0.960. The third-order valence-corrected chi connectivity index (χ3v) is 2.04. The molecule has 1 nitrogen and oxygen atoms in total. The number of hydrogen-bond acceptors (Lipinski definition) is 1. The minimum Gasteiger partial charge on any atom is -0.313 e. The number of nitrogens with one attached hydrogen (secondary N) is 1. The highest BCUT2D eigenvalue weighted by molar-refractivity contribution is 5.25. The summed E-state index contributed by atoms with van der Waals surface area (Å²) < 4.78 is 25.6. The molecule has 3 heteroatoms. The van der Waals surface area contributed by atoms with Gasteiger partial charge in [-0.25, -0.2) is 8.78 Å². The van der Waals surface area contributed by atoms with Gasteiger partial charge >= 0.3 is 0 Å². The normalized spacial score (nSPS) is 11.7. The second kappa shape index (κ2) is 4.51. The van der Waals surface area contributed by atoms with E-state index in [-0.39, 0.29) is 5.56 Å². The predicted molar refractivity (Wildman–Crippen MR) is 53.4 cm³/mol. The lowest BCUT2D eigenvalue weighted by molar-refractivity contribution is 0.0174. The first-order valence-electron chi connectivity index (χ1n) is 4.72. The molecule has 0 saturated heterocycles. The summed E-state index contributed by atoms with van der Waals surface area (Å²) in [4.78, 5) is 0. The van der Waals surface area contributed by atoms with Crippen molar-refractivity contribution in [3.8, 4) is 0 Å². The maximum absolute atomic E-state index is 12.8. The predicted octanol–water partition coefficient (Wildman–Crippen LogP) is 2.91. The van der Waals surface area contributed by atoms with Gasteiger partial charge in [0.1, 0.15) is 0 Å². The SMILES string of the molecule is CCNCc1ccc(C(C)(F)F)cc1. The van der Waals surface area contributed by atoms with Gasteiger partial charge in [0.25, 0.3) is 5.92 Å². The van der Waals surface area contributed by atoms with Crippen molar-refractivity contribution in [3.63, 3.8) is 0 Å². The van der Waals surface area contributed by atoms with Crippen molar-refractivity contribution in [1.29, 1.82) is 0 Å². The van der Waals surface area contributed by atoms with Crippen LogP contribution >= 0.6 is 0 Å². The van der Waals surface area contributed by atoms with Gasteiger partial charge in [-0.2, -0.15) is 0 Å². The molecule has 0 radical (unpaired) electrons. The summed E-state index contributed by atoms with van der Waals surface area (Å²) in [6, 6.07) is 6.42. The van der Waals surface area contributed by atoms with Gasteiger partial charge in [0, 0.05) is 19.0 Å². The standard InChI is InChI=1S/C11H15F2N/c1-3-14-8-9-4-6-10(7-5-9)11(2,12)13/h4-7,14H,3,8H2,1-2H3. The van der Waals surface area contributed by atoms with Crippen LogP contribution < -0.4 is 5.32 Å². The maximum Gasteiger partial charge on any atom is 0.270 e. The highest BCUT2D eigenvalue weighted by Gasteiger charge is 2.23. The molecule has 0 aliphatic carbocycles. The molecule has 0 bridgehead atoms. The van der Waals surface area contributed by atoms with Gasteiger partial charge in [0.2, 0.25) is 0 Å². The summed E-state index contributed by atoms with van der Waals surface area (Å²) >= 11 is 0. The molecule has 0 aliphatic rings. The molecule has 0 atom stereocenters. The average molecular weight is 199 g/mol. The molecule has 14 heavy (non-hydrogen) atoms. The van der Waals surface area contributed by atoms with Gasteiger partial charge in [-0.3, -0.25) is 0 Å². The summed E-state index contributed by atoms with van der Waals surface area (Å²) in [6.45, 7) is 4.53. The highest BCUT2D eigenvalue weighted by Crippen LogP contribution is 2.26. The maximum atomic E-state index is 12.8. The lowest BCUT2D eigenvalue weighted by atomic mass is 10.1. The molecule has 1 aromatic carbocycles. The third kappa shape index (κ3) is 3.07. The summed E-state index contributed by atoms with van der Waals surface area (Å²) in [7, 11) is 0. The molecule has 1 rings (SSSR count). The summed E-state index contributed by atoms with van der Waals surface area (Å²) in [6.07, 6.45) is 0. The first kappa shape index (κ1) is 11.1. The largest absolute Gasteiger partial charge is 0.313 e. The summed E-state index contributed by atoms with van der Waals surface area (Å²) in [5, 5.41) is 3.14. The highest BCUT2D eigenvalue weighted by atomic mass is 19.3. The van der Waals surface area contributed by atoms with E-state index in [2.05, 4.69) is 5.32 Å². The minimum absolute atomic E-state index is 0.0674. The van der Waals surface area contributed by atoms with Crippen LogP contribution in [0.5, 0.6) is 0 Å². The van der Waals surface area contributed by atoms with Crippen molar-refractivity contribution in [1.82, 2.24) is 5.32 Å². The second-order valence-electron chi connectivity index (χ2n) is 3.37. The molecule has 1 N–H and O–H groups in total. The van der Waals surface area contributed by atoms with Gasteiger partial charge in [-0.05, 0) is 12.1 Å². The molecule has 1 aromatic rings. The molecule has 0 spiro atoms. The van der Waals surface area contributed by atoms with E-state index in [1.165, 1.54) is 12.1 Å². The summed E-state index contributed by atoms with van der Waals surface area (Å²) in [5.41, 5.74) is 1.09. The number of alkyl halides is 2. The van der Waals surface area contributed by atoms with Crippen LogP contribution in [0.1, 0.15) is 25.0 Å². The van der Waals surface area contributed by atoms with Gasteiger partial charge < -0.3 is 5.32 Å². The molecule has 0 fully saturated rings. The van der Waals surface area contributed by atoms with Gasteiger partial charge in [-0.15, -0.1) is 0 Å². The Balaban J connectivity index is 2.69. The van der Waals surface area contributed by atoms with Crippen molar-refractivity contribution in [2.24, 2.45) is 0 Å². The van der Waals surface area contributed by atoms with Crippen LogP contribution in [0.4, 0.5) is 8.78 Å². The fourth-order valence-corrected chi connectivity index (χ4v) is 1.18. The molecule has 0 saturated carbocycles. The molecule has 0 aliphatic heterocycles. The monoisotopic (exact) mass is 199 g/mol. The Bertz CT molecular complexity index is 274. The quantitative estimate of drug-likeness (QED) is 0.786. The molecule has 78 valence electrons. The average Bonchev–Trinajstić information content (AvgIpc) is 2.14. The van der Waals surface area contributed by atoms with Gasteiger partial charge in [-0.1, -0.05) is 31.2 Å². The molecule has 0 unspecified atom stereocenters. The Morgan fingerprint density at radius 1 is 1.21 bits per heavy atom. The smallest absolute Gasteiger partial charge is 0.270 e. The van der Waals surface area contributed by atoms with Crippen LogP contribution in [0.25, 0.3) is 0 Å². The topological polar surface area (TPSA) is 12.0 Å². The van der Waals surface area contributed by atoms with E-state index in [1.807, 2.05) is 6.92 Å². The van der Waals surface area contributed by atoms with Gasteiger partial charge in [0.05, 0.1) is 0 Å². The molecule has 0 heterocycles. The van der Waals surface area contributed by atoms with Crippen LogP contribution in [-0.4, -0.2) is 6.54 Å². The fourth-order valence-electron chi connectivity index (χ4n) is 1.18. The lowest BCUT2D eigenvalue weighted by Crippen LogP contribution is -2.12. The Morgan fingerprint density at radius 3 is 2.21 bits per heavy atom. The zero-order valence-corrected chi connectivity index (χ0v) is 8.48. The number of halogens is 2. The zero-order valence-electron chi connectivity index (χ0n) is 8.48. The van der Waals surface area contributed by atoms with E-state index < -0.39 is 5.92 Å². The van der Waals surface area contributed by atoms with Crippen LogP contribution in [0.15, 0.2) is 24.3 Å². The Kier molecular flexibility index (Phi) is 3.58. The molecular weight excluding hydrogens is 184 g/mol. The molecule has 0 aromatic heterocycles. The van der Waals surface area contributed by atoms with Crippen molar-refractivity contribution >= 4 is 0 Å². The van der Waals surface area contributed by atoms with Crippen LogP contribution in [-0.2, 0) is 12.5 Å². The van der Waals surface area contributed by atoms with Crippen LogP contribution in [0.3, 0.4) is 0 Å². The first-order valence-corrected chi connectivity index (χ1v) is 4.72. The van der Waals surface area contributed by atoms with E-state index in [4.69, 9.17) is 0 Å². The van der Waals surface area contributed by atoms with E-state index in [1.54, 1.807) is 12.1 Å². The third-order valence-electron chi connectivity index (χ3n) is 2.04. The molecule has 0 amide bonds. The number of hydrogen-bond donors (Lipinski definition) is 1. The number of benzene rings is 1. The lowest BCUT2D eigenvalue weighted by Gasteiger charge is -2.11. The Labute approximate surface area is 83.1 Å². The van der Waals surface area contributed by atoms with Crippen molar-refractivity contribution < 1.29 is 8.78 Å². The molecular formula is C11H15F2N.